The number of nitrogens with zero attached hydrogens (tertiary/aromatic N) is 3. The van der Waals surface area contributed by atoms with Crippen LogP contribution in [0.5, 0.6) is 11.5 Å². The molecule has 274 valence electrons. The number of anilines is 1. The Labute approximate surface area is 288 Å². The summed E-state index contributed by atoms with van der Waals surface area (Å²) in [6.07, 6.45) is -3.39. The fourth-order valence-electron chi connectivity index (χ4n) is 6.24. The highest BCUT2D eigenvalue weighted by Gasteiger charge is 2.51. The van der Waals surface area contributed by atoms with E-state index in [1.54, 1.807) is 11.0 Å². The molecule has 0 radical (unpaired) electrons. The Morgan fingerprint density at radius 2 is 1.67 bits per heavy atom. The number of rotatable bonds is 9. The molecule has 3 fully saturated rings. The molecule has 4 heterocycles. The molecule has 1 N–H and O–H groups in total. The molecule has 6 rings (SSSR count). The maximum atomic E-state index is 14.6. The molecule has 3 amide bonds. The summed E-state index contributed by atoms with van der Waals surface area (Å²) in [6.45, 7) is 2.26. The number of halogens is 5. The number of aromatic nitrogens is 1. The zero-order valence-corrected chi connectivity index (χ0v) is 27.8. The molecule has 0 aliphatic carbocycles. The number of alkyl halides is 3. The number of hydrogen-bond donors (Lipinski definition) is 1. The van der Waals surface area contributed by atoms with E-state index in [0.29, 0.717) is 26.3 Å². The van der Waals surface area contributed by atoms with Crippen molar-refractivity contribution in [2.75, 3.05) is 65.6 Å². The number of amides is 3. The van der Waals surface area contributed by atoms with Crippen molar-refractivity contribution in [2.45, 2.75) is 24.7 Å². The van der Waals surface area contributed by atoms with E-state index >= 15 is 0 Å². The Morgan fingerprint density at radius 1 is 1.02 bits per heavy atom. The van der Waals surface area contributed by atoms with Gasteiger partial charge in [0.1, 0.15) is 34.9 Å². The molecule has 1 aromatic heterocycles. The van der Waals surface area contributed by atoms with Crippen molar-refractivity contribution in [1.82, 2.24) is 14.8 Å². The van der Waals surface area contributed by atoms with E-state index in [4.69, 9.17) is 14.2 Å². The molecule has 3 saturated heterocycles. The number of carbonyl (C=O) groups excluding carboxylic acids is 3. The SMILES string of the molecule is CNC(=O)c1ccc(OC(F)(F)F)cc1.COCC(C(=O)N1CC2(COC2)C1)n1cccc(N2CC(c3c(F)cc(OC)cc3F)CC2=O)c1=O. The van der Waals surface area contributed by atoms with Gasteiger partial charge in [0, 0.05) is 75.6 Å². The number of likely N-dealkylation sites (tertiary alicyclic amines) is 1. The fraction of sp³-hybridized carbons (Fsp3) is 0.412. The second-order valence-corrected chi connectivity index (χ2v) is 12.3. The van der Waals surface area contributed by atoms with Gasteiger partial charge in [0.05, 0.1) is 32.3 Å². The van der Waals surface area contributed by atoms with Gasteiger partial charge in [-0.05, 0) is 36.4 Å². The first-order valence-corrected chi connectivity index (χ1v) is 15.7. The third kappa shape index (κ3) is 8.14. The van der Waals surface area contributed by atoms with E-state index in [1.165, 1.54) is 55.1 Å². The van der Waals surface area contributed by atoms with Gasteiger partial charge in [0.2, 0.25) is 11.8 Å². The van der Waals surface area contributed by atoms with Gasteiger partial charge in [-0.2, -0.15) is 0 Å². The lowest BCUT2D eigenvalue weighted by atomic mass is 9.78. The molecule has 2 unspecified atom stereocenters. The average Bonchev–Trinajstić information content (AvgIpc) is 3.41. The third-order valence-corrected chi connectivity index (χ3v) is 8.77. The van der Waals surface area contributed by atoms with Crippen molar-refractivity contribution in [1.29, 1.82) is 0 Å². The van der Waals surface area contributed by atoms with E-state index < -0.39 is 41.4 Å². The molecule has 12 nitrogen and oxygen atoms in total. The fourth-order valence-corrected chi connectivity index (χ4v) is 6.24. The second-order valence-electron chi connectivity index (χ2n) is 12.3. The average molecular weight is 723 g/mol. The molecule has 3 aromatic rings. The molecule has 0 bridgehead atoms. The molecule has 0 saturated carbocycles. The predicted octanol–water partition coefficient (Wildman–Crippen LogP) is 3.65. The first-order valence-electron chi connectivity index (χ1n) is 15.7. The lowest BCUT2D eigenvalue weighted by molar-refractivity contribution is -0.274. The van der Waals surface area contributed by atoms with Crippen LogP contribution in [0.4, 0.5) is 27.6 Å². The monoisotopic (exact) mass is 722 g/mol. The molecule has 1 spiro atoms. The Bertz CT molecular complexity index is 1800. The predicted molar refractivity (Wildman–Crippen MR) is 171 cm³/mol. The lowest BCUT2D eigenvalue weighted by Gasteiger charge is -2.55. The van der Waals surface area contributed by atoms with Gasteiger partial charge >= 0.3 is 6.36 Å². The lowest BCUT2D eigenvalue weighted by Crippen LogP contribution is -2.68. The highest BCUT2D eigenvalue weighted by atomic mass is 19.4. The molecular weight excluding hydrogens is 687 g/mol. The van der Waals surface area contributed by atoms with Crippen molar-refractivity contribution < 1.29 is 55.3 Å². The van der Waals surface area contributed by atoms with E-state index in [9.17, 15) is 41.1 Å². The van der Waals surface area contributed by atoms with Crippen LogP contribution >= 0.6 is 0 Å². The van der Waals surface area contributed by atoms with Gasteiger partial charge in [-0.15, -0.1) is 13.2 Å². The van der Waals surface area contributed by atoms with Crippen LogP contribution in [0.15, 0.2) is 59.5 Å². The number of benzene rings is 2. The zero-order chi connectivity index (χ0) is 37.1. The normalized spacial score (nSPS) is 18.3. The van der Waals surface area contributed by atoms with Crippen LogP contribution in [0.25, 0.3) is 0 Å². The topological polar surface area (TPSA) is 129 Å². The highest BCUT2D eigenvalue weighted by molar-refractivity contribution is 5.96. The standard InChI is InChI=1S/C25H27F2N3O6.C9H8F3NO2/c1-34-10-20(23(32)28-11-25(12-28)13-36-14-25)29-5-3-4-19(24(29)33)30-9-15(6-21(30)31)22-17(26)7-16(35-2)8-18(22)27;1-13-8(14)6-2-4-7(5-3-6)15-9(10,11)12/h3-5,7-8,15,20H,6,9-14H2,1-2H3;2-5H,1H3,(H,13,14). The molecular formula is C34H35F5N4O8. The number of pyridine rings is 1. The molecule has 51 heavy (non-hydrogen) atoms. The largest absolute Gasteiger partial charge is 0.573 e. The van der Waals surface area contributed by atoms with Crippen LogP contribution in [-0.4, -0.2) is 94.3 Å². The van der Waals surface area contributed by atoms with Crippen molar-refractivity contribution in [3.8, 4) is 11.5 Å². The maximum absolute atomic E-state index is 14.6. The second kappa shape index (κ2) is 15.1. The Hall–Kier alpha value is -5.03. The van der Waals surface area contributed by atoms with E-state index in [0.717, 1.165) is 24.3 Å². The minimum atomic E-state index is -4.71. The summed E-state index contributed by atoms with van der Waals surface area (Å²) in [5.41, 5.74) is -0.446. The van der Waals surface area contributed by atoms with E-state index in [1.807, 2.05) is 0 Å². The van der Waals surface area contributed by atoms with Gasteiger partial charge in [-0.1, -0.05) is 0 Å². The summed E-state index contributed by atoms with van der Waals surface area (Å²) in [4.78, 5) is 53.5. The van der Waals surface area contributed by atoms with Crippen LogP contribution < -0.4 is 25.2 Å². The van der Waals surface area contributed by atoms with Crippen molar-refractivity contribution >= 4 is 23.4 Å². The number of nitrogens with one attached hydrogen (secondary N) is 1. The van der Waals surface area contributed by atoms with Gasteiger partial charge in [0.15, 0.2) is 0 Å². The Balaban J connectivity index is 0.000000283. The summed E-state index contributed by atoms with van der Waals surface area (Å²) in [5, 5.41) is 2.35. The molecule has 3 aliphatic rings. The van der Waals surface area contributed by atoms with Gasteiger partial charge in [-0.25, -0.2) is 8.78 Å². The van der Waals surface area contributed by atoms with Gasteiger partial charge in [0.25, 0.3) is 11.5 Å². The smallest absolute Gasteiger partial charge is 0.497 e. The number of ether oxygens (including phenoxy) is 4. The van der Waals surface area contributed by atoms with Crippen LogP contribution in [0.1, 0.15) is 34.3 Å². The summed E-state index contributed by atoms with van der Waals surface area (Å²) in [6, 6.07) is 8.92. The minimum Gasteiger partial charge on any atom is -0.497 e. The molecule has 2 atom stereocenters. The van der Waals surface area contributed by atoms with Crippen molar-refractivity contribution in [2.24, 2.45) is 5.41 Å². The molecule has 17 heteroatoms. The first kappa shape index (κ1) is 37.2. The number of carbonyl (C=O) groups is 3. The van der Waals surface area contributed by atoms with Crippen molar-refractivity contribution in [3.05, 3.63) is 87.8 Å². The van der Waals surface area contributed by atoms with Crippen LogP contribution in [0.2, 0.25) is 0 Å². The van der Waals surface area contributed by atoms with Crippen LogP contribution in [0, 0.1) is 17.0 Å². The molecule has 2 aromatic carbocycles. The maximum Gasteiger partial charge on any atom is 0.573 e. The summed E-state index contributed by atoms with van der Waals surface area (Å²) in [5.74, 6) is -3.78. The quantitative estimate of drug-likeness (QED) is 0.332. The van der Waals surface area contributed by atoms with Gasteiger partial charge in [-0.3, -0.25) is 23.7 Å². The molecule has 3 aliphatic heterocycles. The Kier molecular flexibility index (Phi) is 11.0. The van der Waals surface area contributed by atoms with Gasteiger partial charge < -0.3 is 34.1 Å². The van der Waals surface area contributed by atoms with Crippen LogP contribution in [0.3, 0.4) is 0 Å². The first-order chi connectivity index (χ1) is 24.2. The highest BCUT2D eigenvalue weighted by Crippen LogP contribution is 2.39. The Morgan fingerprint density at radius 3 is 2.20 bits per heavy atom. The third-order valence-electron chi connectivity index (χ3n) is 8.77. The van der Waals surface area contributed by atoms with E-state index in [-0.39, 0.29) is 65.1 Å². The number of methoxy groups -OCH3 is 2. The van der Waals surface area contributed by atoms with Crippen LogP contribution in [-0.2, 0) is 19.1 Å². The minimum absolute atomic E-state index is 0.0169. The zero-order valence-electron chi connectivity index (χ0n) is 27.8. The number of hydrogen-bond acceptors (Lipinski definition) is 8. The summed E-state index contributed by atoms with van der Waals surface area (Å²) >= 11 is 0. The summed E-state index contributed by atoms with van der Waals surface area (Å²) in [7, 11) is 4.18. The van der Waals surface area contributed by atoms with E-state index in [2.05, 4.69) is 10.1 Å². The van der Waals surface area contributed by atoms with Crippen molar-refractivity contribution in [3.63, 3.8) is 0 Å². The summed E-state index contributed by atoms with van der Waals surface area (Å²) < 4.78 is 84.9.